The zero-order valence-electron chi connectivity index (χ0n) is 14.7. The Hall–Kier alpha value is -0.810. The van der Waals surface area contributed by atoms with Gasteiger partial charge in [0.05, 0.1) is 0 Å². The highest BCUT2D eigenvalue weighted by Gasteiger charge is 2.30. The molecule has 5 heteroatoms. The third-order valence-electron chi connectivity index (χ3n) is 4.56. The van der Waals surface area contributed by atoms with Crippen molar-refractivity contribution in [3.63, 3.8) is 0 Å². The van der Waals surface area contributed by atoms with Crippen molar-refractivity contribution in [3.05, 3.63) is 0 Å². The number of rotatable bonds is 4. The molecular weight excluding hydrogens is 278 g/mol. The van der Waals surface area contributed by atoms with E-state index in [4.69, 9.17) is 4.74 Å². The molecule has 2 rings (SSSR count). The van der Waals surface area contributed by atoms with Crippen molar-refractivity contribution in [1.29, 1.82) is 0 Å². The Labute approximate surface area is 135 Å². The maximum absolute atomic E-state index is 12.4. The monoisotopic (exact) mass is 311 g/mol. The predicted molar refractivity (Wildman–Crippen MR) is 89.1 cm³/mol. The number of carbonyl (C=O) groups excluding carboxylic acids is 1. The third kappa shape index (κ3) is 5.43. The summed E-state index contributed by atoms with van der Waals surface area (Å²) in [5.41, 5.74) is -0.416. The largest absolute Gasteiger partial charge is 0.444 e. The van der Waals surface area contributed by atoms with Gasteiger partial charge in [-0.3, -0.25) is 0 Å². The summed E-state index contributed by atoms with van der Waals surface area (Å²) in [5, 5.41) is 3.59. The van der Waals surface area contributed by atoms with E-state index >= 15 is 0 Å². The average molecular weight is 311 g/mol. The SMILES string of the molecule is CN1CCC(CNCC2CCCCN2C(=O)OC(C)(C)C)C1. The van der Waals surface area contributed by atoms with Crippen molar-refractivity contribution < 1.29 is 9.53 Å². The molecule has 0 spiro atoms. The lowest BCUT2D eigenvalue weighted by Crippen LogP contribution is -2.50. The van der Waals surface area contributed by atoms with Crippen molar-refractivity contribution in [3.8, 4) is 0 Å². The second kappa shape index (κ2) is 7.64. The van der Waals surface area contributed by atoms with Gasteiger partial charge in [-0.2, -0.15) is 0 Å². The second-order valence-electron chi connectivity index (χ2n) is 7.90. The molecule has 0 aromatic heterocycles. The molecule has 0 aromatic carbocycles. The summed E-state index contributed by atoms with van der Waals surface area (Å²) in [7, 11) is 2.19. The maximum Gasteiger partial charge on any atom is 0.410 e. The second-order valence-corrected chi connectivity index (χ2v) is 7.90. The molecule has 128 valence electrons. The van der Waals surface area contributed by atoms with E-state index in [9.17, 15) is 4.79 Å². The van der Waals surface area contributed by atoms with Crippen LogP contribution in [-0.2, 0) is 4.74 Å². The lowest BCUT2D eigenvalue weighted by atomic mass is 10.0. The zero-order chi connectivity index (χ0) is 16.2. The van der Waals surface area contributed by atoms with Crippen molar-refractivity contribution in [1.82, 2.24) is 15.1 Å². The number of piperidine rings is 1. The summed E-state index contributed by atoms with van der Waals surface area (Å²) in [5.74, 6) is 0.753. The van der Waals surface area contributed by atoms with E-state index in [1.165, 1.54) is 25.9 Å². The summed E-state index contributed by atoms with van der Waals surface area (Å²) in [4.78, 5) is 16.7. The Morgan fingerprint density at radius 1 is 1.18 bits per heavy atom. The predicted octanol–water partition coefficient (Wildman–Crippen LogP) is 2.32. The van der Waals surface area contributed by atoms with Gasteiger partial charge in [0, 0.05) is 25.7 Å². The Balaban J connectivity index is 1.78. The first-order chi connectivity index (χ1) is 10.3. The van der Waals surface area contributed by atoms with E-state index in [-0.39, 0.29) is 12.1 Å². The maximum atomic E-state index is 12.4. The average Bonchev–Trinajstić information content (AvgIpc) is 2.83. The molecule has 0 saturated carbocycles. The van der Waals surface area contributed by atoms with Crippen molar-refractivity contribution in [2.75, 3.05) is 39.8 Å². The molecule has 0 aliphatic carbocycles. The number of carbonyl (C=O) groups is 1. The van der Waals surface area contributed by atoms with E-state index in [0.29, 0.717) is 0 Å². The summed E-state index contributed by atoms with van der Waals surface area (Å²) in [6.07, 6.45) is 4.50. The van der Waals surface area contributed by atoms with Gasteiger partial charge < -0.3 is 19.9 Å². The summed E-state index contributed by atoms with van der Waals surface area (Å²) in [6.45, 7) is 11.0. The van der Waals surface area contributed by atoms with Crippen LogP contribution in [-0.4, -0.2) is 67.3 Å². The third-order valence-corrected chi connectivity index (χ3v) is 4.56. The molecule has 1 amide bonds. The summed E-state index contributed by atoms with van der Waals surface area (Å²) >= 11 is 0. The van der Waals surface area contributed by atoms with Crippen molar-refractivity contribution >= 4 is 6.09 Å². The quantitative estimate of drug-likeness (QED) is 0.865. The molecule has 2 atom stereocenters. The number of amides is 1. The van der Waals surface area contributed by atoms with Crippen LogP contribution in [0.2, 0.25) is 0 Å². The highest BCUT2D eigenvalue weighted by Crippen LogP contribution is 2.20. The number of likely N-dealkylation sites (tertiary alicyclic amines) is 2. The molecule has 2 saturated heterocycles. The zero-order valence-corrected chi connectivity index (χ0v) is 14.7. The van der Waals surface area contributed by atoms with Crippen LogP contribution >= 0.6 is 0 Å². The van der Waals surface area contributed by atoms with Gasteiger partial charge >= 0.3 is 6.09 Å². The fourth-order valence-corrected chi connectivity index (χ4v) is 3.42. The standard InChI is InChI=1S/C17H33N3O2/c1-17(2,3)22-16(21)20-9-6-5-7-15(20)12-18-11-14-8-10-19(4)13-14/h14-15,18H,5-13H2,1-4H3. The van der Waals surface area contributed by atoms with Crippen LogP contribution in [0.1, 0.15) is 46.5 Å². The summed E-state index contributed by atoms with van der Waals surface area (Å²) < 4.78 is 5.55. The molecular formula is C17H33N3O2. The van der Waals surface area contributed by atoms with Gasteiger partial charge in [0.1, 0.15) is 5.60 Å². The van der Waals surface area contributed by atoms with Crippen molar-refractivity contribution in [2.45, 2.75) is 58.1 Å². The van der Waals surface area contributed by atoms with Gasteiger partial charge in [0.2, 0.25) is 0 Å². The Morgan fingerprint density at radius 2 is 1.95 bits per heavy atom. The van der Waals surface area contributed by atoms with Crippen LogP contribution < -0.4 is 5.32 Å². The number of nitrogens with zero attached hydrogens (tertiary/aromatic N) is 2. The molecule has 5 nitrogen and oxygen atoms in total. The molecule has 2 aliphatic rings. The van der Waals surface area contributed by atoms with Crippen LogP contribution in [0.15, 0.2) is 0 Å². The van der Waals surface area contributed by atoms with Crippen LogP contribution in [0.3, 0.4) is 0 Å². The molecule has 0 bridgehead atoms. The van der Waals surface area contributed by atoms with E-state index in [1.807, 2.05) is 25.7 Å². The minimum absolute atomic E-state index is 0.153. The van der Waals surface area contributed by atoms with E-state index in [1.54, 1.807) is 0 Å². The van der Waals surface area contributed by atoms with Gasteiger partial charge in [0.25, 0.3) is 0 Å². The molecule has 22 heavy (non-hydrogen) atoms. The Kier molecular flexibility index (Phi) is 6.09. The molecule has 2 heterocycles. The normalized spacial score (nSPS) is 27.2. The molecule has 0 aromatic rings. The number of ether oxygens (including phenoxy) is 1. The van der Waals surface area contributed by atoms with Gasteiger partial charge in [-0.1, -0.05) is 0 Å². The molecule has 2 aliphatic heterocycles. The Morgan fingerprint density at radius 3 is 2.59 bits per heavy atom. The first-order valence-electron chi connectivity index (χ1n) is 8.74. The molecule has 2 unspecified atom stereocenters. The van der Waals surface area contributed by atoms with Crippen LogP contribution in [0.4, 0.5) is 4.79 Å². The highest BCUT2D eigenvalue weighted by atomic mass is 16.6. The van der Waals surface area contributed by atoms with Gasteiger partial charge in [0.15, 0.2) is 0 Å². The first kappa shape index (κ1) is 17.5. The van der Waals surface area contributed by atoms with Gasteiger partial charge in [-0.15, -0.1) is 0 Å². The number of hydrogen-bond donors (Lipinski definition) is 1. The van der Waals surface area contributed by atoms with E-state index in [2.05, 4.69) is 17.3 Å². The van der Waals surface area contributed by atoms with Gasteiger partial charge in [-0.05, 0) is 72.5 Å². The molecule has 2 fully saturated rings. The lowest BCUT2D eigenvalue weighted by molar-refractivity contribution is 0.00990. The number of hydrogen-bond acceptors (Lipinski definition) is 4. The van der Waals surface area contributed by atoms with Gasteiger partial charge in [-0.25, -0.2) is 4.79 Å². The fraction of sp³-hybridized carbons (Fsp3) is 0.941. The highest BCUT2D eigenvalue weighted by molar-refractivity contribution is 5.68. The Bertz CT molecular complexity index is 367. The minimum atomic E-state index is -0.416. The van der Waals surface area contributed by atoms with Crippen molar-refractivity contribution in [2.24, 2.45) is 5.92 Å². The van der Waals surface area contributed by atoms with Crippen LogP contribution in [0.25, 0.3) is 0 Å². The van der Waals surface area contributed by atoms with E-state index < -0.39 is 5.60 Å². The number of nitrogens with one attached hydrogen (secondary N) is 1. The molecule has 1 N–H and O–H groups in total. The minimum Gasteiger partial charge on any atom is -0.444 e. The molecule has 0 radical (unpaired) electrons. The van der Waals surface area contributed by atoms with Crippen LogP contribution in [0.5, 0.6) is 0 Å². The lowest BCUT2D eigenvalue weighted by Gasteiger charge is -2.37. The summed E-state index contributed by atoms with van der Waals surface area (Å²) in [6, 6.07) is 0.280. The van der Waals surface area contributed by atoms with Crippen LogP contribution in [0, 0.1) is 5.92 Å². The first-order valence-corrected chi connectivity index (χ1v) is 8.74. The smallest absolute Gasteiger partial charge is 0.410 e. The van der Waals surface area contributed by atoms with E-state index in [0.717, 1.165) is 38.4 Å². The topological polar surface area (TPSA) is 44.8 Å². The fourth-order valence-electron chi connectivity index (χ4n) is 3.42.